The molecule has 5 N–H and O–H groups in total. The van der Waals surface area contributed by atoms with Crippen molar-refractivity contribution < 1.29 is 9.90 Å². The minimum Gasteiger partial charge on any atom is -0.481 e. The third-order valence-corrected chi connectivity index (χ3v) is 3.59. The molecule has 4 nitrogen and oxygen atoms in total. The SMILES string of the molecule is NC(CCC1CCCCC1)C(N)CC(=O)O. The molecule has 0 spiro atoms. The van der Waals surface area contributed by atoms with Crippen molar-refractivity contribution in [3.63, 3.8) is 0 Å². The number of hydrogen-bond donors (Lipinski definition) is 3. The Kier molecular flexibility index (Phi) is 5.77. The van der Waals surface area contributed by atoms with Crippen LogP contribution < -0.4 is 11.5 Å². The van der Waals surface area contributed by atoms with Gasteiger partial charge in [-0.05, 0) is 18.8 Å². The number of carboxylic acids is 1. The highest BCUT2D eigenvalue weighted by molar-refractivity contribution is 5.67. The summed E-state index contributed by atoms with van der Waals surface area (Å²) in [6, 6.07) is -0.570. The molecule has 16 heavy (non-hydrogen) atoms. The summed E-state index contributed by atoms with van der Waals surface area (Å²) in [6.07, 6.45) is 8.59. The van der Waals surface area contributed by atoms with Crippen LogP contribution in [0.3, 0.4) is 0 Å². The van der Waals surface area contributed by atoms with E-state index in [2.05, 4.69) is 0 Å². The van der Waals surface area contributed by atoms with Crippen molar-refractivity contribution in [2.45, 2.75) is 63.5 Å². The minimum atomic E-state index is -0.861. The zero-order chi connectivity index (χ0) is 12.0. The molecule has 0 aromatic rings. The van der Waals surface area contributed by atoms with E-state index in [4.69, 9.17) is 16.6 Å². The van der Waals surface area contributed by atoms with Crippen molar-refractivity contribution in [2.24, 2.45) is 17.4 Å². The first-order valence-corrected chi connectivity index (χ1v) is 6.32. The quantitative estimate of drug-likeness (QED) is 0.642. The lowest BCUT2D eigenvalue weighted by Crippen LogP contribution is -2.43. The Morgan fingerprint density at radius 3 is 2.38 bits per heavy atom. The summed E-state index contributed by atoms with van der Waals surface area (Å²) < 4.78 is 0. The molecule has 0 bridgehead atoms. The van der Waals surface area contributed by atoms with E-state index in [1.54, 1.807) is 0 Å². The van der Waals surface area contributed by atoms with Gasteiger partial charge in [0.25, 0.3) is 0 Å². The molecule has 0 aromatic heterocycles. The first-order chi connectivity index (χ1) is 7.59. The van der Waals surface area contributed by atoms with Crippen LogP contribution in [0.1, 0.15) is 51.4 Å². The molecule has 0 amide bonds. The highest BCUT2D eigenvalue weighted by Crippen LogP contribution is 2.27. The zero-order valence-electron chi connectivity index (χ0n) is 9.90. The largest absolute Gasteiger partial charge is 0.481 e. The second-order valence-electron chi connectivity index (χ2n) is 5.01. The molecule has 2 atom stereocenters. The van der Waals surface area contributed by atoms with Crippen molar-refractivity contribution in [1.82, 2.24) is 0 Å². The van der Waals surface area contributed by atoms with Crippen molar-refractivity contribution in [1.29, 1.82) is 0 Å². The third kappa shape index (κ3) is 4.94. The summed E-state index contributed by atoms with van der Waals surface area (Å²) in [5.74, 6) is -0.0718. The van der Waals surface area contributed by atoms with E-state index in [1.807, 2.05) is 0 Å². The van der Waals surface area contributed by atoms with Gasteiger partial charge in [0.05, 0.1) is 6.42 Å². The highest BCUT2D eigenvalue weighted by atomic mass is 16.4. The fraction of sp³-hybridized carbons (Fsp3) is 0.917. The number of nitrogens with two attached hydrogens (primary N) is 2. The Hall–Kier alpha value is -0.610. The fourth-order valence-electron chi connectivity index (χ4n) is 2.47. The zero-order valence-corrected chi connectivity index (χ0v) is 9.90. The highest BCUT2D eigenvalue weighted by Gasteiger charge is 2.19. The van der Waals surface area contributed by atoms with Crippen LogP contribution in [0.2, 0.25) is 0 Å². The lowest BCUT2D eigenvalue weighted by atomic mass is 9.84. The Balaban J connectivity index is 2.17. The number of rotatable bonds is 6. The Bertz CT molecular complexity index is 215. The normalized spacial score (nSPS) is 21.6. The molecule has 0 aromatic carbocycles. The summed E-state index contributed by atoms with van der Waals surface area (Å²) in [7, 11) is 0. The van der Waals surface area contributed by atoms with E-state index in [9.17, 15) is 4.79 Å². The molecule has 1 aliphatic carbocycles. The fourth-order valence-corrected chi connectivity index (χ4v) is 2.47. The van der Waals surface area contributed by atoms with Crippen LogP contribution in [0.5, 0.6) is 0 Å². The van der Waals surface area contributed by atoms with Gasteiger partial charge in [-0.2, -0.15) is 0 Å². The summed E-state index contributed by atoms with van der Waals surface area (Å²) in [5, 5.41) is 8.61. The van der Waals surface area contributed by atoms with Gasteiger partial charge in [-0.25, -0.2) is 0 Å². The van der Waals surface area contributed by atoms with E-state index < -0.39 is 12.0 Å². The third-order valence-electron chi connectivity index (χ3n) is 3.59. The molecule has 4 heteroatoms. The summed E-state index contributed by atoms with van der Waals surface area (Å²) in [5.41, 5.74) is 11.6. The molecule has 1 aliphatic rings. The number of carbonyl (C=O) groups is 1. The Morgan fingerprint density at radius 1 is 1.19 bits per heavy atom. The van der Waals surface area contributed by atoms with Gasteiger partial charge in [-0.15, -0.1) is 0 Å². The van der Waals surface area contributed by atoms with Crippen LogP contribution in [-0.2, 0) is 4.79 Å². The van der Waals surface area contributed by atoms with E-state index in [1.165, 1.54) is 32.1 Å². The van der Waals surface area contributed by atoms with Crippen LogP contribution in [0, 0.1) is 5.92 Å². The van der Waals surface area contributed by atoms with Crippen molar-refractivity contribution in [3.8, 4) is 0 Å². The molecule has 0 heterocycles. The van der Waals surface area contributed by atoms with Crippen molar-refractivity contribution >= 4 is 5.97 Å². The second kappa shape index (κ2) is 6.86. The standard InChI is InChI=1S/C12H24N2O2/c13-10(11(14)8-12(15)16)7-6-9-4-2-1-3-5-9/h9-11H,1-8,13-14H2,(H,15,16). The van der Waals surface area contributed by atoms with Gasteiger partial charge in [0, 0.05) is 12.1 Å². The number of carboxylic acid groups (broad SMARTS) is 1. The van der Waals surface area contributed by atoms with Crippen LogP contribution in [-0.4, -0.2) is 23.2 Å². The Labute approximate surface area is 97.4 Å². The lowest BCUT2D eigenvalue weighted by molar-refractivity contribution is -0.137. The first-order valence-electron chi connectivity index (χ1n) is 6.32. The predicted octanol–water partition coefficient (Wildman–Crippen LogP) is 1.48. The Morgan fingerprint density at radius 2 is 1.81 bits per heavy atom. The van der Waals surface area contributed by atoms with E-state index in [0.717, 1.165) is 18.8 Å². The van der Waals surface area contributed by atoms with Gasteiger partial charge in [0.15, 0.2) is 0 Å². The van der Waals surface area contributed by atoms with Crippen LogP contribution in [0.25, 0.3) is 0 Å². The molecule has 0 aliphatic heterocycles. The predicted molar refractivity (Wildman–Crippen MR) is 64.0 cm³/mol. The molecular formula is C12H24N2O2. The number of aliphatic carboxylic acids is 1. The minimum absolute atomic E-state index is 0.0220. The van der Waals surface area contributed by atoms with E-state index in [0.29, 0.717) is 0 Å². The maximum absolute atomic E-state index is 10.5. The first kappa shape index (κ1) is 13.5. The average Bonchev–Trinajstić information content (AvgIpc) is 2.26. The molecule has 1 rings (SSSR count). The molecule has 2 unspecified atom stereocenters. The van der Waals surface area contributed by atoms with Gasteiger partial charge in [-0.1, -0.05) is 32.1 Å². The van der Waals surface area contributed by atoms with Crippen LogP contribution in [0.15, 0.2) is 0 Å². The molecule has 0 saturated heterocycles. The van der Waals surface area contributed by atoms with Gasteiger partial charge in [-0.3, -0.25) is 4.79 Å². The molecule has 0 radical (unpaired) electrons. The van der Waals surface area contributed by atoms with Crippen molar-refractivity contribution in [2.75, 3.05) is 0 Å². The van der Waals surface area contributed by atoms with Gasteiger partial charge < -0.3 is 16.6 Å². The molecular weight excluding hydrogens is 204 g/mol. The van der Waals surface area contributed by atoms with Crippen LogP contribution in [0.4, 0.5) is 0 Å². The smallest absolute Gasteiger partial charge is 0.304 e. The molecule has 94 valence electrons. The van der Waals surface area contributed by atoms with E-state index >= 15 is 0 Å². The average molecular weight is 228 g/mol. The van der Waals surface area contributed by atoms with Crippen LogP contribution >= 0.6 is 0 Å². The van der Waals surface area contributed by atoms with Crippen molar-refractivity contribution in [3.05, 3.63) is 0 Å². The van der Waals surface area contributed by atoms with Gasteiger partial charge in [0.1, 0.15) is 0 Å². The van der Waals surface area contributed by atoms with E-state index in [-0.39, 0.29) is 12.5 Å². The summed E-state index contributed by atoms with van der Waals surface area (Å²) >= 11 is 0. The summed E-state index contributed by atoms with van der Waals surface area (Å²) in [6.45, 7) is 0. The lowest BCUT2D eigenvalue weighted by Gasteiger charge is -2.24. The summed E-state index contributed by atoms with van der Waals surface area (Å²) in [4.78, 5) is 10.5. The maximum Gasteiger partial charge on any atom is 0.304 e. The number of hydrogen-bond acceptors (Lipinski definition) is 3. The maximum atomic E-state index is 10.5. The second-order valence-corrected chi connectivity index (χ2v) is 5.01. The van der Waals surface area contributed by atoms with Gasteiger partial charge in [0.2, 0.25) is 0 Å². The molecule has 1 saturated carbocycles. The molecule has 1 fully saturated rings. The topological polar surface area (TPSA) is 89.3 Å². The van der Waals surface area contributed by atoms with Gasteiger partial charge >= 0.3 is 5.97 Å². The monoisotopic (exact) mass is 228 g/mol.